The summed E-state index contributed by atoms with van der Waals surface area (Å²) in [5.41, 5.74) is 1.39. The summed E-state index contributed by atoms with van der Waals surface area (Å²) < 4.78 is 21.4. The van der Waals surface area contributed by atoms with Crippen molar-refractivity contribution in [3.8, 4) is 5.75 Å². The minimum atomic E-state index is -0.872. The maximum absolute atomic E-state index is 11.8. The molecule has 25 heavy (non-hydrogen) atoms. The van der Waals surface area contributed by atoms with Crippen LogP contribution in [0.2, 0.25) is 0 Å². The highest BCUT2D eigenvalue weighted by Crippen LogP contribution is 2.30. The van der Waals surface area contributed by atoms with Crippen LogP contribution < -0.4 is 10.1 Å². The highest BCUT2D eigenvalue weighted by atomic mass is 16.7. The van der Waals surface area contributed by atoms with Gasteiger partial charge in [-0.25, -0.2) is 4.79 Å². The molecule has 1 aromatic carbocycles. The average Bonchev–Trinajstić information content (AvgIpc) is 2.60. The molecule has 1 fully saturated rings. The molecule has 1 aliphatic heterocycles. The van der Waals surface area contributed by atoms with Gasteiger partial charge in [-0.2, -0.15) is 0 Å². The Labute approximate surface area is 146 Å². The summed E-state index contributed by atoms with van der Waals surface area (Å²) in [6.07, 6.45) is -1.65. The minimum Gasteiger partial charge on any atom is -0.467 e. The van der Waals surface area contributed by atoms with E-state index in [1.165, 1.54) is 14.0 Å². The van der Waals surface area contributed by atoms with Gasteiger partial charge in [0, 0.05) is 26.8 Å². The Kier molecular flexibility index (Phi) is 6.60. The fourth-order valence-electron chi connectivity index (χ4n) is 2.65. The number of hydrogen-bond acceptors (Lipinski definition) is 8. The van der Waals surface area contributed by atoms with E-state index in [1.54, 1.807) is 25.2 Å². The van der Waals surface area contributed by atoms with E-state index < -0.39 is 30.4 Å². The van der Waals surface area contributed by atoms with Crippen LogP contribution in [0.15, 0.2) is 18.2 Å². The van der Waals surface area contributed by atoms with Gasteiger partial charge in [0.25, 0.3) is 0 Å². The summed E-state index contributed by atoms with van der Waals surface area (Å²) in [5, 5.41) is 12.2. The number of aliphatic hydroxyl groups is 1. The molecule has 8 heteroatoms. The van der Waals surface area contributed by atoms with E-state index >= 15 is 0 Å². The number of hydrogen-bond donors (Lipinski definition) is 2. The first-order valence-electron chi connectivity index (χ1n) is 7.95. The van der Waals surface area contributed by atoms with Crippen LogP contribution in [0.25, 0.3) is 0 Å². The minimum absolute atomic E-state index is 0.0895. The number of anilines is 1. The quantitative estimate of drug-likeness (QED) is 0.736. The summed E-state index contributed by atoms with van der Waals surface area (Å²) in [7, 11) is 2.99. The van der Waals surface area contributed by atoms with E-state index in [-0.39, 0.29) is 19.4 Å². The van der Waals surface area contributed by atoms with Crippen molar-refractivity contribution < 1.29 is 33.6 Å². The number of nitrogens with one attached hydrogen (secondary N) is 1. The van der Waals surface area contributed by atoms with Crippen molar-refractivity contribution >= 4 is 17.6 Å². The van der Waals surface area contributed by atoms with Gasteiger partial charge in [0.15, 0.2) is 6.10 Å². The Morgan fingerprint density at radius 1 is 1.36 bits per heavy atom. The van der Waals surface area contributed by atoms with Crippen molar-refractivity contribution in [2.24, 2.45) is 0 Å². The van der Waals surface area contributed by atoms with Crippen molar-refractivity contribution in [2.45, 2.75) is 44.9 Å². The first-order chi connectivity index (χ1) is 12.0. The topological polar surface area (TPSA) is 103 Å². The molecule has 0 aliphatic carbocycles. The first-order valence-corrected chi connectivity index (χ1v) is 7.95. The molecular formula is C17H23NO7. The van der Waals surface area contributed by atoms with Crippen LogP contribution in [0.1, 0.15) is 25.3 Å². The Balaban J connectivity index is 2.15. The van der Waals surface area contributed by atoms with Crippen LogP contribution in [-0.2, 0) is 30.4 Å². The molecule has 2 N–H and O–H groups in total. The Hall–Kier alpha value is -2.32. The average molecular weight is 353 g/mol. The van der Waals surface area contributed by atoms with Crippen LogP contribution in [0.4, 0.5) is 5.69 Å². The van der Waals surface area contributed by atoms with Crippen LogP contribution in [0, 0.1) is 0 Å². The molecule has 0 aromatic heterocycles. The maximum atomic E-state index is 11.8. The van der Waals surface area contributed by atoms with E-state index in [0.717, 1.165) is 5.56 Å². The normalized spacial score (nSPS) is 22.8. The molecule has 0 saturated carbocycles. The summed E-state index contributed by atoms with van der Waals surface area (Å²) >= 11 is 0. The second kappa shape index (κ2) is 8.68. The van der Waals surface area contributed by atoms with Crippen molar-refractivity contribution in [1.82, 2.24) is 0 Å². The first kappa shape index (κ1) is 19.0. The number of rotatable bonds is 6. The zero-order valence-corrected chi connectivity index (χ0v) is 14.5. The van der Waals surface area contributed by atoms with Crippen molar-refractivity contribution in [3.63, 3.8) is 0 Å². The molecule has 1 aromatic rings. The molecule has 1 aliphatic rings. The molecule has 0 spiro atoms. The van der Waals surface area contributed by atoms with E-state index in [0.29, 0.717) is 11.4 Å². The molecule has 3 atom stereocenters. The van der Waals surface area contributed by atoms with Gasteiger partial charge < -0.3 is 29.4 Å². The third kappa shape index (κ3) is 5.07. The monoisotopic (exact) mass is 353 g/mol. The van der Waals surface area contributed by atoms with Gasteiger partial charge >= 0.3 is 11.9 Å². The van der Waals surface area contributed by atoms with Crippen molar-refractivity contribution in [2.75, 3.05) is 19.5 Å². The highest BCUT2D eigenvalue weighted by Gasteiger charge is 2.37. The number of carbonyl (C=O) groups is 2. The molecule has 8 nitrogen and oxygen atoms in total. The van der Waals surface area contributed by atoms with Gasteiger partial charge in [0.05, 0.1) is 19.4 Å². The number of carbonyl (C=O) groups excluding carboxylic acids is 2. The summed E-state index contributed by atoms with van der Waals surface area (Å²) in [5.74, 6) is -0.482. The molecule has 2 rings (SSSR count). The standard InChI is InChI=1S/C17H23NO7/c1-10(20)23-12-7-15(17(21)22-3)25-16(8-12)24-14-5-4-11(9-19)6-13(14)18-2/h4-6,12,15-16,18-19H,7-9H2,1-3H3. The summed E-state index contributed by atoms with van der Waals surface area (Å²) in [6, 6.07) is 5.17. The lowest BCUT2D eigenvalue weighted by Crippen LogP contribution is -2.44. The van der Waals surface area contributed by atoms with Crippen LogP contribution in [0.3, 0.4) is 0 Å². The van der Waals surface area contributed by atoms with Crippen LogP contribution >= 0.6 is 0 Å². The van der Waals surface area contributed by atoms with Gasteiger partial charge in [-0.3, -0.25) is 4.79 Å². The van der Waals surface area contributed by atoms with E-state index in [2.05, 4.69) is 5.32 Å². The van der Waals surface area contributed by atoms with Crippen LogP contribution in [-0.4, -0.2) is 49.7 Å². The smallest absolute Gasteiger partial charge is 0.335 e. The van der Waals surface area contributed by atoms with E-state index in [9.17, 15) is 14.7 Å². The Bertz CT molecular complexity index is 619. The maximum Gasteiger partial charge on any atom is 0.335 e. The Morgan fingerprint density at radius 3 is 2.72 bits per heavy atom. The lowest BCUT2D eigenvalue weighted by Gasteiger charge is -2.33. The zero-order valence-electron chi connectivity index (χ0n) is 14.5. The van der Waals surface area contributed by atoms with Gasteiger partial charge in [0.1, 0.15) is 11.9 Å². The zero-order chi connectivity index (χ0) is 18.4. The molecule has 0 bridgehead atoms. The molecule has 1 saturated heterocycles. The summed E-state index contributed by atoms with van der Waals surface area (Å²) in [6.45, 7) is 1.22. The molecule has 138 valence electrons. The fourth-order valence-corrected chi connectivity index (χ4v) is 2.65. The predicted octanol–water partition coefficient (Wildman–Crippen LogP) is 1.21. The molecule has 0 radical (unpaired) electrons. The number of methoxy groups -OCH3 is 1. The van der Waals surface area contributed by atoms with E-state index in [4.69, 9.17) is 18.9 Å². The van der Waals surface area contributed by atoms with Gasteiger partial charge in [-0.15, -0.1) is 0 Å². The Morgan fingerprint density at radius 2 is 2.12 bits per heavy atom. The molecule has 1 heterocycles. The molecule has 3 unspecified atom stereocenters. The largest absolute Gasteiger partial charge is 0.467 e. The molecular weight excluding hydrogens is 330 g/mol. The number of benzene rings is 1. The number of esters is 2. The lowest BCUT2D eigenvalue weighted by atomic mass is 10.0. The number of aliphatic hydroxyl groups excluding tert-OH is 1. The van der Waals surface area contributed by atoms with Crippen molar-refractivity contribution in [1.29, 1.82) is 0 Å². The van der Waals surface area contributed by atoms with Gasteiger partial charge in [-0.05, 0) is 17.7 Å². The highest BCUT2D eigenvalue weighted by molar-refractivity contribution is 5.75. The second-order valence-electron chi connectivity index (χ2n) is 5.64. The summed E-state index contributed by atoms with van der Waals surface area (Å²) in [4.78, 5) is 23.1. The number of ether oxygens (including phenoxy) is 4. The van der Waals surface area contributed by atoms with Crippen LogP contribution in [0.5, 0.6) is 5.75 Å². The van der Waals surface area contributed by atoms with E-state index in [1.807, 2.05) is 0 Å². The fraction of sp³-hybridized carbons (Fsp3) is 0.529. The SMILES string of the molecule is CNc1cc(CO)ccc1OC1CC(OC(C)=O)CC(C(=O)OC)O1. The molecule has 0 amide bonds. The predicted molar refractivity (Wildman–Crippen MR) is 88.0 cm³/mol. The third-order valence-corrected chi connectivity index (χ3v) is 3.80. The third-order valence-electron chi connectivity index (χ3n) is 3.80. The van der Waals surface area contributed by atoms with Gasteiger partial charge in [0.2, 0.25) is 6.29 Å². The second-order valence-corrected chi connectivity index (χ2v) is 5.64. The van der Waals surface area contributed by atoms with Gasteiger partial charge in [-0.1, -0.05) is 6.07 Å². The lowest BCUT2D eigenvalue weighted by molar-refractivity contribution is -0.204. The van der Waals surface area contributed by atoms with Crippen molar-refractivity contribution in [3.05, 3.63) is 23.8 Å².